The standard InChI is InChI=1S/C18H25Ge2N/c1-19(2,3)13-7-9-15-16-10-8-14(20(4,5)6)12-18(16)21-17(15)11-13/h7-12,21H,1-6H3. The fraction of sp³-hybridized carbons (Fsp3) is 0.333. The van der Waals surface area contributed by atoms with E-state index in [1.165, 1.54) is 21.8 Å². The molecule has 3 aromatic rings. The van der Waals surface area contributed by atoms with Crippen LogP contribution in [0.25, 0.3) is 21.8 Å². The summed E-state index contributed by atoms with van der Waals surface area (Å²) in [5, 5.41) is 2.74. The molecule has 0 amide bonds. The van der Waals surface area contributed by atoms with E-state index >= 15 is 0 Å². The van der Waals surface area contributed by atoms with Crippen LogP contribution in [0.2, 0.25) is 34.5 Å². The first-order chi connectivity index (χ1) is 9.66. The van der Waals surface area contributed by atoms with Gasteiger partial charge in [0.2, 0.25) is 0 Å². The molecule has 1 N–H and O–H groups in total. The summed E-state index contributed by atoms with van der Waals surface area (Å²) in [5.41, 5.74) is 2.61. The molecule has 0 radical (unpaired) electrons. The zero-order valence-corrected chi connectivity index (χ0v) is 18.2. The summed E-state index contributed by atoms with van der Waals surface area (Å²) in [4.78, 5) is 3.66. The molecule has 0 fully saturated rings. The maximum absolute atomic E-state index is 3.66. The van der Waals surface area contributed by atoms with Crippen molar-refractivity contribution in [2.75, 3.05) is 0 Å². The predicted octanol–water partition coefficient (Wildman–Crippen LogP) is 4.41. The molecule has 0 aliphatic rings. The van der Waals surface area contributed by atoms with Crippen LogP contribution in [0.4, 0.5) is 0 Å². The van der Waals surface area contributed by atoms with Crippen LogP contribution in [0.5, 0.6) is 0 Å². The Hall–Kier alpha value is -0.674. The monoisotopic (exact) mass is 403 g/mol. The first-order valence-electron chi connectivity index (χ1n) is 7.73. The van der Waals surface area contributed by atoms with Crippen molar-refractivity contribution >= 4 is 57.1 Å². The molecule has 21 heavy (non-hydrogen) atoms. The van der Waals surface area contributed by atoms with E-state index in [2.05, 4.69) is 75.9 Å². The van der Waals surface area contributed by atoms with Crippen LogP contribution in [-0.4, -0.2) is 31.5 Å². The molecule has 0 bridgehead atoms. The van der Waals surface area contributed by atoms with E-state index in [1.54, 1.807) is 8.79 Å². The molecular formula is C18H25Ge2N. The van der Waals surface area contributed by atoms with Gasteiger partial charge in [0.05, 0.1) is 0 Å². The third-order valence-corrected chi connectivity index (χ3v) is 12.9. The van der Waals surface area contributed by atoms with Crippen molar-refractivity contribution in [3.05, 3.63) is 36.4 Å². The van der Waals surface area contributed by atoms with Gasteiger partial charge in [0, 0.05) is 0 Å². The number of nitrogens with one attached hydrogen (secondary N) is 1. The van der Waals surface area contributed by atoms with Crippen LogP contribution in [0, 0.1) is 0 Å². The molecule has 0 aliphatic heterocycles. The van der Waals surface area contributed by atoms with E-state index in [0.717, 1.165) is 0 Å². The van der Waals surface area contributed by atoms with Gasteiger partial charge < -0.3 is 0 Å². The maximum atomic E-state index is 3.66. The van der Waals surface area contributed by atoms with Crippen molar-refractivity contribution in [3.8, 4) is 0 Å². The van der Waals surface area contributed by atoms with Gasteiger partial charge >= 0.3 is 133 Å². The van der Waals surface area contributed by atoms with Crippen molar-refractivity contribution in [2.45, 2.75) is 34.5 Å². The molecule has 1 nitrogen and oxygen atoms in total. The van der Waals surface area contributed by atoms with Gasteiger partial charge in [-0.2, -0.15) is 0 Å². The van der Waals surface area contributed by atoms with Gasteiger partial charge in [0.25, 0.3) is 0 Å². The van der Waals surface area contributed by atoms with Gasteiger partial charge in [-0.3, -0.25) is 0 Å². The topological polar surface area (TPSA) is 15.8 Å². The number of aromatic amines is 1. The molecule has 110 valence electrons. The number of fused-ring (bicyclic) bond motifs is 3. The van der Waals surface area contributed by atoms with Crippen molar-refractivity contribution in [2.24, 2.45) is 0 Å². The van der Waals surface area contributed by atoms with Gasteiger partial charge in [-0.05, 0) is 0 Å². The summed E-state index contributed by atoms with van der Waals surface area (Å²) < 4.78 is 3.14. The fourth-order valence-electron chi connectivity index (χ4n) is 2.84. The predicted molar refractivity (Wildman–Crippen MR) is 102 cm³/mol. The molecule has 3 rings (SSSR count). The summed E-state index contributed by atoms with van der Waals surface area (Å²) in [5.74, 6) is 14.7. The van der Waals surface area contributed by atoms with Crippen LogP contribution in [0.15, 0.2) is 36.4 Å². The molecule has 2 aromatic carbocycles. The van der Waals surface area contributed by atoms with Crippen molar-refractivity contribution in [3.63, 3.8) is 0 Å². The summed E-state index contributed by atoms with van der Waals surface area (Å²) in [7, 11) is 0. The molecule has 0 spiro atoms. The molecule has 0 saturated carbocycles. The molecule has 0 unspecified atom stereocenters. The van der Waals surface area contributed by atoms with Gasteiger partial charge in [0.15, 0.2) is 0 Å². The Morgan fingerprint density at radius 2 is 1.00 bits per heavy atom. The van der Waals surface area contributed by atoms with Crippen LogP contribution >= 0.6 is 0 Å². The summed E-state index contributed by atoms with van der Waals surface area (Å²) >= 11 is -3.51. The van der Waals surface area contributed by atoms with Crippen molar-refractivity contribution < 1.29 is 0 Å². The Bertz CT molecular complexity index is 748. The molecule has 3 heteroatoms. The molecule has 1 aromatic heterocycles. The van der Waals surface area contributed by atoms with Crippen LogP contribution < -0.4 is 8.79 Å². The average molecular weight is 401 g/mol. The number of hydrogen-bond donors (Lipinski definition) is 1. The minimum atomic E-state index is -1.76. The minimum absolute atomic E-state index is 1.31. The number of aromatic nitrogens is 1. The first kappa shape index (κ1) is 15.2. The Labute approximate surface area is 132 Å². The first-order valence-corrected chi connectivity index (χ1v) is 22.4. The van der Waals surface area contributed by atoms with E-state index in [9.17, 15) is 0 Å². The van der Waals surface area contributed by atoms with E-state index in [-0.39, 0.29) is 0 Å². The number of benzene rings is 2. The zero-order valence-electron chi connectivity index (χ0n) is 14.0. The van der Waals surface area contributed by atoms with E-state index < -0.39 is 26.5 Å². The normalized spacial score (nSPS) is 13.2. The Kier molecular flexibility index (Phi) is 3.57. The number of hydrogen-bond acceptors (Lipinski definition) is 0. The van der Waals surface area contributed by atoms with E-state index in [1.807, 2.05) is 0 Å². The van der Waals surface area contributed by atoms with Crippen LogP contribution in [0.1, 0.15) is 0 Å². The summed E-state index contributed by atoms with van der Waals surface area (Å²) in [6.45, 7) is 0. The Morgan fingerprint density at radius 3 is 1.33 bits per heavy atom. The van der Waals surface area contributed by atoms with Gasteiger partial charge in [0.1, 0.15) is 0 Å². The van der Waals surface area contributed by atoms with E-state index in [4.69, 9.17) is 0 Å². The van der Waals surface area contributed by atoms with Gasteiger partial charge in [-0.15, -0.1) is 0 Å². The second-order valence-electron chi connectivity index (χ2n) is 8.15. The molecule has 0 saturated heterocycles. The second kappa shape index (κ2) is 4.92. The van der Waals surface area contributed by atoms with E-state index in [0.29, 0.717) is 0 Å². The number of rotatable bonds is 2. The van der Waals surface area contributed by atoms with Crippen LogP contribution in [-0.2, 0) is 0 Å². The quantitative estimate of drug-likeness (QED) is 0.613. The fourth-order valence-corrected chi connectivity index (χ4v) is 7.71. The van der Waals surface area contributed by atoms with Crippen molar-refractivity contribution in [1.82, 2.24) is 4.98 Å². The Balaban J connectivity index is 2.24. The third kappa shape index (κ3) is 2.82. The summed E-state index contributed by atoms with van der Waals surface area (Å²) in [6, 6.07) is 14.1. The average Bonchev–Trinajstić information content (AvgIpc) is 2.73. The second-order valence-corrected chi connectivity index (χ2v) is 29.5. The van der Waals surface area contributed by atoms with Gasteiger partial charge in [-0.25, -0.2) is 0 Å². The third-order valence-electron chi connectivity index (χ3n) is 4.33. The summed E-state index contributed by atoms with van der Waals surface area (Å²) in [6.07, 6.45) is 0. The number of H-pyrrole nitrogens is 1. The molecule has 1 heterocycles. The molecular weight excluding hydrogens is 375 g/mol. The van der Waals surface area contributed by atoms with Gasteiger partial charge in [-0.1, -0.05) is 0 Å². The molecule has 0 atom stereocenters. The zero-order chi connectivity index (χ0) is 15.4. The SMILES string of the molecule is [CH3][Ge]([CH3])([CH3])[c]1ccc2c(c1)[nH]c1c[c]([Ge]([CH3])([CH3])[CH3])ccc12. The van der Waals surface area contributed by atoms with Crippen LogP contribution in [0.3, 0.4) is 0 Å². The van der Waals surface area contributed by atoms with Crippen molar-refractivity contribution in [1.29, 1.82) is 0 Å². The Morgan fingerprint density at radius 1 is 0.619 bits per heavy atom. The molecule has 0 aliphatic carbocycles.